The fourth-order valence-electron chi connectivity index (χ4n) is 4.14. The van der Waals surface area contributed by atoms with E-state index in [1.165, 1.54) is 0 Å². The summed E-state index contributed by atoms with van der Waals surface area (Å²) in [5.74, 6) is 0. The van der Waals surface area contributed by atoms with Crippen molar-refractivity contribution in [2.45, 2.75) is 95.7 Å². The minimum atomic E-state index is -1.51. The molecule has 0 radical (unpaired) electrons. The molecule has 2 saturated heterocycles. The van der Waals surface area contributed by atoms with E-state index in [-0.39, 0.29) is 6.61 Å². The Morgan fingerprint density at radius 1 is 0.667 bits per heavy atom. The second kappa shape index (κ2) is 9.62. The third kappa shape index (κ3) is 5.15. The summed E-state index contributed by atoms with van der Waals surface area (Å²) in [6.45, 7) is 7.90. The zero-order chi connectivity index (χ0) is 23.0. The van der Waals surface area contributed by atoms with E-state index in [9.17, 15) is 35.7 Å². The Morgan fingerprint density at radius 3 is 1.67 bits per heavy atom. The van der Waals surface area contributed by atoms with Gasteiger partial charge in [0.05, 0.1) is 32.0 Å². The van der Waals surface area contributed by atoms with Crippen molar-refractivity contribution >= 4 is 0 Å². The Morgan fingerprint density at radius 2 is 1.17 bits per heavy atom. The third-order valence-corrected chi connectivity index (χ3v) is 6.03. The SMILES string of the molecule is CC(C)(C)C1OC(CO)C(O)C(OCC(C)(C)C2OC(CO)C(O)C(O)C2O)C1O. The fourth-order valence-corrected chi connectivity index (χ4v) is 4.14. The Hall–Kier alpha value is -0.400. The van der Waals surface area contributed by atoms with Crippen LogP contribution in [0, 0.1) is 10.8 Å². The number of hydrogen-bond acceptors (Lipinski definition) is 10. The highest BCUT2D eigenvalue weighted by atomic mass is 16.6. The topological polar surface area (TPSA) is 169 Å². The van der Waals surface area contributed by atoms with Gasteiger partial charge < -0.3 is 50.0 Å². The number of rotatable bonds is 6. The van der Waals surface area contributed by atoms with E-state index in [4.69, 9.17) is 14.2 Å². The van der Waals surface area contributed by atoms with Crippen molar-refractivity contribution in [1.82, 2.24) is 0 Å². The third-order valence-electron chi connectivity index (χ3n) is 6.03. The molecule has 2 rings (SSSR count). The lowest BCUT2D eigenvalue weighted by Crippen LogP contribution is -2.64. The van der Waals surface area contributed by atoms with Crippen LogP contribution in [0.3, 0.4) is 0 Å². The van der Waals surface area contributed by atoms with Gasteiger partial charge in [-0.25, -0.2) is 0 Å². The van der Waals surface area contributed by atoms with Crippen LogP contribution >= 0.6 is 0 Å². The summed E-state index contributed by atoms with van der Waals surface area (Å²) in [4.78, 5) is 0. The first-order valence-corrected chi connectivity index (χ1v) is 10.3. The average molecular weight is 439 g/mol. The zero-order valence-corrected chi connectivity index (χ0v) is 18.3. The van der Waals surface area contributed by atoms with E-state index < -0.39 is 85.1 Å². The number of aliphatic hydroxyl groups is 7. The first-order chi connectivity index (χ1) is 13.8. The molecule has 0 aliphatic carbocycles. The summed E-state index contributed by atoms with van der Waals surface area (Å²) < 4.78 is 17.2. The number of ether oxygens (including phenoxy) is 3. The van der Waals surface area contributed by atoms with Gasteiger partial charge in [-0.05, 0) is 5.41 Å². The predicted molar refractivity (Wildman–Crippen MR) is 105 cm³/mol. The van der Waals surface area contributed by atoms with Crippen LogP contribution in [0.25, 0.3) is 0 Å². The molecule has 10 unspecified atom stereocenters. The van der Waals surface area contributed by atoms with Crippen LogP contribution in [-0.4, -0.2) is 117 Å². The molecule has 7 N–H and O–H groups in total. The van der Waals surface area contributed by atoms with Crippen molar-refractivity contribution < 1.29 is 50.0 Å². The molecule has 30 heavy (non-hydrogen) atoms. The predicted octanol–water partition coefficient (Wildman–Crippen LogP) is -2.23. The summed E-state index contributed by atoms with van der Waals surface area (Å²) in [5, 5.41) is 70.8. The Kier molecular flexibility index (Phi) is 8.29. The van der Waals surface area contributed by atoms with Crippen LogP contribution in [0.4, 0.5) is 0 Å². The van der Waals surface area contributed by atoms with Crippen molar-refractivity contribution in [2.24, 2.45) is 10.8 Å². The summed E-state index contributed by atoms with van der Waals surface area (Å²) in [7, 11) is 0. The molecule has 2 aliphatic heterocycles. The fraction of sp³-hybridized carbons (Fsp3) is 1.00. The molecule has 10 heteroatoms. The van der Waals surface area contributed by atoms with Gasteiger partial charge in [-0.1, -0.05) is 34.6 Å². The summed E-state index contributed by atoms with van der Waals surface area (Å²) in [6.07, 6.45) is -11.6. The van der Waals surface area contributed by atoms with Crippen LogP contribution in [0.5, 0.6) is 0 Å². The summed E-state index contributed by atoms with van der Waals surface area (Å²) in [6, 6.07) is 0. The standard InChI is InChI=1S/C20H38O10/c1-19(2,3)17-15(27)16(12(24)10(7-22)29-17)28-8-20(4,5)18-14(26)13(25)11(23)9(6-21)30-18/h9-18,21-27H,6-8H2,1-5H3. The van der Waals surface area contributed by atoms with E-state index in [1.807, 2.05) is 20.8 Å². The maximum atomic E-state index is 10.8. The van der Waals surface area contributed by atoms with Gasteiger partial charge in [0, 0.05) is 5.41 Å². The van der Waals surface area contributed by atoms with Crippen LogP contribution in [0.1, 0.15) is 34.6 Å². The first-order valence-electron chi connectivity index (χ1n) is 10.3. The lowest BCUT2D eigenvalue weighted by molar-refractivity contribution is -0.280. The van der Waals surface area contributed by atoms with Gasteiger partial charge >= 0.3 is 0 Å². The number of aliphatic hydroxyl groups excluding tert-OH is 7. The monoisotopic (exact) mass is 438 g/mol. The van der Waals surface area contributed by atoms with Gasteiger partial charge in [0.1, 0.15) is 48.8 Å². The molecule has 0 saturated carbocycles. The smallest absolute Gasteiger partial charge is 0.114 e. The van der Waals surface area contributed by atoms with Crippen molar-refractivity contribution in [1.29, 1.82) is 0 Å². The molecule has 10 nitrogen and oxygen atoms in total. The van der Waals surface area contributed by atoms with E-state index in [2.05, 4.69) is 0 Å². The first kappa shape index (κ1) is 25.9. The lowest BCUT2D eigenvalue weighted by Gasteiger charge is -2.49. The van der Waals surface area contributed by atoms with Gasteiger partial charge in [-0.15, -0.1) is 0 Å². The molecule has 10 atom stereocenters. The highest BCUT2D eigenvalue weighted by Crippen LogP contribution is 2.37. The van der Waals surface area contributed by atoms with Crippen LogP contribution in [0.15, 0.2) is 0 Å². The molecule has 0 aromatic rings. The Bertz CT molecular complexity index is 548. The molecule has 2 aliphatic rings. The molecule has 178 valence electrons. The van der Waals surface area contributed by atoms with E-state index in [1.54, 1.807) is 13.8 Å². The largest absolute Gasteiger partial charge is 0.394 e. The van der Waals surface area contributed by atoms with Crippen molar-refractivity contribution in [2.75, 3.05) is 19.8 Å². The van der Waals surface area contributed by atoms with Crippen LogP contribution < -0.4 is 0 Å². The van der Waals surface area contributed by atoms with Gasteiger partial charge in [0.2, 0.25) is 0 Å². The highest BCUT2D eigenvalue weighted by molar-refractivity contribution is 5.00. The van der Waals surface area contributed by atoms with Crippen LogP contribution in [0.2, 0.25) is 0 Å². The second-order valence-corrected chi connectivity index (χ2v) is 10.1. The average Bonchev–Trinajstić information content (AvgIpc) is 2.65. The minimum Gasteiger partial charge on any atom is -0.394 e. The lowest BCUT2D eigenvalue weighted by atomic mass is 9.78. The van der Waals surface area contributed by atoms with Gasteiger partial charge in [0.15, 0.2) is 0 Å². The highest BCUT2D eigenvalue weighted by Gasteiger charge is 2.52. The maximum Gasteiger partial charge on any atom is 0.114 e. The minimum absolute atomic E-state index is 0.0938. The van der Waals surface area contributed by atoms with E-state index in [0.29, 0.717) is 0 Å². The van der Waals surface area contributed by atoms with Gasteiger partial charge in [-0.2, -0.15) is 0 Å². The zero-order valence-electron chi connectivity index (χ0n) is 18.3. The van der Waals surface area contributed by atoms with Gasteiger partial charge in [0.25, 0.3) is 0 Å². The maximum absolute atomic E-state index is 10.8. The molecule has 0 aromatic heterocycles. The van der Waals surface area contributed by atoms with Crippen LogP contribution in [-0.2, 0) is 14.2 Å². The quantitative estimate of drug-likeness (QED) is 0.241. The molecular weight excluding hydrogens is 400 g/mol. The van der Waals surface area contributed by atoms with Crippen molar-refractivity contribution in [3.8, 4) is 0 Å². The molecule has 2 heterocycles. The molecule has 0 bridgehead atoms. The summed E-state index contributed by atoms with van der Waals surface area (Å²) in [5.41, 5.74) is -1.42. The van der Waals surface area contributed by atoms with E-state index >= 15 is 0 Å². The second-order valence-electron chi connectivity index (χ2n) is 10.1. The molecule has 2 fully saturated rings. The normalized spacial score (nSPS) is 43.6. The van der Waals surface area contributed by atoms with Crippen molar-refractivity contribution in [3.63, 3.8) is 0 Å². The number of hydrogen-bond donors (Lipinski definition) is 7. The van der Waals surface area contributed by atoms with Gasteiger partial charge in [-0.3, -0.25) is 0 Å². The summed E-state index contributed by atoms with van der Waals surface area (Å²) >= 11 is 0. The van der Waals surface area contributed by atoms with Crippen molar-refractivity contribution in [3.05, 3.63) is 0 Å². The molecule has 0 aromatic carbocycles. The molecule has 0 spiro atoms. The molecular formula is C20H38O10. The Labute approximate surface area is 177 Å². The molecule has 0 amide bonds. The Balaban J connectivity index is 2.16. The van der Waals surface area contributed by atoms with E-state index in [0.717, 1.165) is 0 Å².